The quantitative estimate of drug-likeness (QED) is 0.698. The summed E-state index contributed by atoms with van der Waals surface area (Å²) >= 11 is 1.56. The summed E-state index contributed by atoms with van der Waals surface area (Å²) in [7, 11) is 0. The van der Waals surface area contributed by atoms with Gasteiger partial charge in [0.05, 0.1) is 16.4 Å². The van der Waals surface area contributed by atoms with E-state index in [1.54, 1.807) is 23.7 Å². The maximum absolute atomic E-state index is 11.8. The number of rotatable bonds is 6. The van der Waals surface area contributed by atoms with Crippen molar-refractivity contribution in [2.45, 2.75) is 13.3 Å². The molecule has 0 radical (unpaired) electrons. The fraction of sp³-hybridized carbons (Fsp3) is 0.167. The number of thiazole rings is 1. The molecule has 2 aromatic heterocycles. The molecule has 2 heterocycles. The molecule has 24 heavy (non-hydrogen) atoms. The predicted octanol–water partition coefficient (Wildman–Crippen LogP) is 3.48. The van der Waals surface area contributed by atoms with Crippen molar-refractivity contribution in [2.24, 2.45) is 0 Å². The van der Waals surface area contributed by atoms with Crippen LogP contribution in [0.4, 0.5) is 0 Å². The van der Waals surface area contributed by atoms with E-state index in [2.05, 4.69) is 15.3 Å². The Balaban J connectivity index is 1.47. The van der Waals surface area contributed by atoms with Gasteiger partial charge in [-0.1, -0.05) is 18.2 Å². The third-order valence-electron chi connectivity index (χ3n) is 3.30. The molecule has 0 saturated carbocycles. The summed E-state index contributed by atoms with van der Waals surface area (Å²) in [6.07, 6.45) is 5.45. The number of hydrogen-bond donors (Lipinski definition) is 1. The molecule has 0 unspecified atom stereocenters. The molecule has 5 nitrogen and oxygen atoms in total. The van der Waals surface area contributed by atoms with Crippen LogP contribution in [0, 0.1) is 6.92 Å². The summed E-state index contributed by atoms with van der Waals surface area (Å²) in [6.45, 7) is 2.43. The molecule has 1 N–H and O–H groups in total. The molecule has 0 aliphatic heterocycles. The van der Waals surface area contributed by atoms with Crippen molar-refractivity contribution in [1.29, 1.82) is 0 Å². The van der Waals surface area contributed by atoms with Crippen LogP contribution in [0.25, 0.3) is 17.5 Å². The number of benzene rings is 1. The SMILES string of the molecule is Cc1nc(C=CC(=O)NCCc2coc(-c3ccccc3)n2)cs1. The Morgan fingerprint density at radius 3 is 2.88 bits per heavy atom. The maximum atomic E-state index is 11.8. The van der Waals surface area contributed by atoms with Gasteiger partial charge in [-0.3, -0.25) is 4.79 Å². The van der Waals surface area contributed by atoms with Gasteiger partial charge < -0.3 is 9.73 Å². The molecular formula is C18H17N3O2S. The summed E-state index contributed by atoms with van der Waals surface area (Å²) in [6, 6.07) is 9.72. The Morgan fingerprint density at radius 2 is 2.12 bits per heavy atom. The summed E-state index contributed by atoms with van der Waals surface area (Å²) in [5.74, 6) is 0.447. The molecule has 1 aromatic carbocycles. The fourth-order valence-corrected chi connectivity index (χ4v) is 2.71. The van der Waals surface area contributed by atoms with Gasteiger partial charge in [-0.2, -0.15) is 0 Å². The Morgan fingerprint density at radius 1 is 1.29 bits per heavy atom. The van der Waals surface area contributed by atoms with Crippen LogP contribution in [-0.4, -0.2) is 22.4 Å². The van der Waals surface area contributed by atoms with E-state index in [0.717, 1.165) is 22.0 Å². The zero-order valence-corrected chi connectivity index (χ0v) is 14.0. The summed E-state index contributed by atoms with van der Waals surface area (Å²) in [5, 5.41) is 5.72. The number of nitrogens with one attached hydrogen (secondary N) is 1. The molecule has 0 atom stereocenters. The minimum absolute atomic E-state index is 0.146. The van der Waals surface area contributed by atoms with Crippen LogP contribution in [0.2, 0.25) is 0 Å². The van der Waals surface area contributed by atoms with Crippen LogP contribution >= 0.6 is 11.3 Å². The van der Waals surface area contributed by atoms with Crippen molar-refractivity contribution in [1.82, 2.24) is 15.3 Å². The first kappa shape index (κ1) is 16.1. The standard InChI is InChI=1S/C18H17N3O2S/c1-13-20-16(12-24-13)7-8-17(22)19-10-9-15-11-23-18(21-15)14-5-3-2-4-6-14/h2-8,11-12H,9-10H2,1H3,(H,19,22). The first-order valence-corrected chi connectivity index (χ1v) is 8.46. The Labute approximate surface area is 144 Å². The van der Waals surface area contributed by atoms with Crippen molar-refractivity contribution in [3.63, 3.8) is 0 Å². The minimum atomic E-state index is -0.146. The normalized spacial score (nSPS) is 11.0. The van der Waals surface area contributed by atoms with Crippen molar-refractivity contribution < 1.29 is 9.21 Å². The molecule has 3 rings (SSSR count). The third-order valence-corrected chi connectivity index (χ3v) is 4.09. The Kier molecular flexibility index (Phi) is 5.18. The largest absolute Gasteiger partial charge is 0.444 e. The molecule has 0 saturated heterocycles. The van der Waals surface area contributed by atoms with Gasteiger partial charge in [0, 0.05) is 30.0 Å². The van der Waals surface area contributed by atoms with Gasteiger partial charge in [-0.25, -0.2) is 9.97 Å². The predicted molar refractivity (Wildman–Crippen MR) is 94.5 cm³/mol. The molecule has 0 aliphatic carbocycles. The van der Waals surface area contributed by atoms with E-state index in [1.807, 2.05) is 42.6 Å². The zero-order chi connectivity index (χ0) is 16.8. The lowest BCUT2D eigenvalue weighted by atomic mass is 10.2. The second-order valence-electron chi connectivity index (χ2n) is 5.18. The molecule has 0 bridgehead atoms. The highest BCUT2D eigenvalue weighted by molar-refractivity contribution is 7.09. The molecule has 122 valence electrons. The number of hydrogen-bond acceptors (Lipinski definition) is 5. The highest BCUT2D eigenvalue weighted by Crippen LogP contribution is 2.17. The number of carbonyl (C=O) groups excluding carboxylic acids is 1. The Bertz CT molecular complexity index is 837. The number of aromatic nitrogens is 2. The molecule has 0 aliphatic rings. The number of carbonyl (C=O) groups is 1. The van der Waals surface area contributed by atoms with Crippen LogP contribution in [0.1, 0.15) is 16.4 Å². The highest BCUT2D eigenvalue weighted by Gasteiger charge is 2.06. The first-order valence-electron chi connectivity index (χ1n) is 7.58. The van der Waals surface area contributed by atoms with E-state index >= 15 is 0 Å². The van der Waals surface area contributed by atoms with Crippen molar-refractivity contribution in [3.8, 4) is 11.5 Å². The fourth-order valence-electron chi connectivity index (χ4n) is 2.13. The summed E-state index contributed by atoms with van der Waals surface area (Å²) in [5.41, 5.74) is 2.55. The monoisotopic (exact) mass is 339 g/mol. The average molecular weight is 339 g/mol. The maximum Gasteiger partial charge on any atom is 0.244 e. The van der Waals surface area contributed by atoms with Crippen molar-refractivity contribution in [3.05, 3.63) is 64.4 Å². The van der Waals surface area contributed by atoms with Gasteiger partial charge in [-0.15, -0.1) is 11.3 Å². The van der Waals surface area contributed by atoms with Crippen LogP contribution in [-0.2, 0) is 11.2 Å². The molecule has 3 aromatic rings. The van der Waals surface area contributed by atoms with Crippen molar-refractivity contribution in [2.75, 3.05) is 6.54 Å². The van der Waals surface area contributed by atoms with E-state index in [0.29, 0.717) is 18.9 Å². The number of oxazole rings is 1. The Hall–Kier alpha value is -2.73. The van der Waals surface area contributed by atoms with E-state index in [-0.39, 0.29) is 5.91 Å². The lowest BCUT2D eigenvalue weighted by molar-refractivity contribution is -0.116. The average Bonchev–Trinajstić information content (AvgIpc) is 3.23. The third kappa shape index (κ3) is 4.39. The van der Waals surface area contributed by atoms with Crippen LogP contribution < -0.4 is 5.32 Å². The number of aryl methyl sites for hydroxylation is 1. The minimum Gasteiger partial charge on any atom is -0.444 e. The highest BCUT2D eigenvalue weighted by atomic mass is 32.1. The molecule has 0 fully saturated rings. The van der Waals surface area contributed by atoms with E-state index in [9.17, 15) is 4.79 Å². The number of amides is 1. The topological polar surface area (TPSA) is 68.0 Å². The van der Waals surface area contributed by atoms with Crippen LogP contribution in [0.5, 0.6) is 0 Å². The van der Waals surface area contributed by atoms with E-state index < -0.39 is 0 Å². The lowest BCUT2D eigenvalue weighted by Crippen LogP contribution is -2.23. The van der Waals surface area contributed by atoms with Crippen LogP contribution in [0.3, 0.4) is 0 Å². The van der Waals surface area contributed by atoms with E-state index in [1.165, 1.54) is 6.08 Å². The van der Waals surface area contributed by atoms with Gasteiger partial charge in [0.2, 0.25) is 11.8 Å². The molecule has 0 spiro atoms. The van der Waals surface area contributed by atoms with Gasteiger partial charge >= 0.3 is 0 Å². The second-order valence-corrected chi connectivity index (χ2v) is 6.24. The smallest absolute Gasteiger partial charge is 0.244 e. The molecule has 6 heteroatoms. The van der Waals surface area contributed by atoms with Gasteiger partial charge in [-0.05, 0) is 25.1 Å². The van der Waals surface area contributed by atoms with Gasteiger partial charge in [0.15, 0.2) is 0 Å². The molecular weight excluding hydrogens is 322 g/mol. The van der Waals surface area contributed by atoms with Gasteiger partial charge in [0.25, 0.3) is 0 Å². The summed E-state index contributed by atoms with van der Waals surface area (Å²) < 4.78 is 5.47. The lowest BCUT2D eigenvalue weighted by Gasteiger charge is -1.99. The van der Waals surface area contributed by atoms with E-state index in [4.69, 9.17) is 4.42 Å². The van der Waals surface area contributed by atoms with Crippen LogP contribution in [0.15, 0.2) is 52.5 Å². The summed E-state index contributed by atoms with van der Waals surface area (Å²) in [4.78, 5) is 20.5. The second kappa shape index (κ2) is 7.70. The first-order chi connectivity index (χ1) is 11.7. The van der Waals surface area contributed by atoms with Gasteiger partial charge in [0.1, 0.15) is 6.26 Å². The number of nitrogens with zero attached hydrogens (tertiary/aromatic N) is 2. The molecule has 1 amide bonds. The zero-order valence-electron chi connectivity index (χ0n) is 13.2. The van der Waals surface area contributed by atoms with Crippen molar-refractivity contribution >= 4 is 23.3 Å².